The predicted molar refractivity (Wildman–Crippen MR) is 103 cm³/mol. The number of hydrogen-bond donors (Lipinski definition) is 1. The van der Waals surface area contributed by atoms with E-state index in [0.717, 1.165) is 15.6 Å². The number of amides is 1. The van der Waals surface area contributed by atoms with E-state index in [1.54, 1.807) is 35.0 Å². The Morgan fingerprint density at radius 1 is 1.04 bits per heavy atom. The fraction of sp³-hybridized carbons (Fsp3) is 0.100. The molecule has 0 unspecified atom stereocenters. The summed E-state index contributed by atoms with van der Waals surface area (Å²) >= 11 is 3.35. The second-order valence-corrected chi connectivity index (χ2v) is 6.66. The van der Waals surface area contributed by atoms with Crippen LogP contribution in [0.1, 0.15) is 21.5 Å². The maximum absolute atomic E-state index is 12.7. The maximum Gasteiger partial charge on any atom is 0.263 e. The Balaban J connectivity index is 1.85. The molecule has 0 bridgehead atoms. The summed E-state index contributed by atoms with van der Waals surface area (Å²) in [4.78, 5) is 25.1. The molecule has 3 aromatic rings. The molecule has 0 spiro atoms. The highest BCUT2D eigenvalue weighted by Gasteiger charge is 2.13. The van der Waals surface area contributed by atoms with Gasteiger partial charge in [-0.2, -0.15) is 0 Å². The number of hydrogen-bond acceptors (Lipinski definition) is 2. The SMILES string of the molecule is Cc1ccccc1Cn1cccc(C(=O)Nc2ccc(Br)cc2)c1=O. The summed E-state index contributed by atoms with van der Waals surface area (Å²) < 4.78 is 2.48. The lowest BCUT2D eigenvalue weighted by molar-refractivity contribution is 0.102. The van der Waals surface area contributed by atoms with Gasteiger partial charge in [0.2, 0.25) is 0 Å². The first-order valence-electron chi connectivity index (χ1n) is 7.85. The van der Waals surface area contributed by atoms with Crippen LogP contribution in [0.15, 0.2) is 76.1 Å². The van der Waals surface area contributed by atoms with Crippen LogP contribution in [-0.2, 0) is 6.54 Å². The van der Waals surface area contributed by atoms with Gasteiger partial charge in [0, 0.05) is 16.4 Å². The van der Waals surface area contributed by atoms with E-state index < -0.39 is 5.91 Å². The summed E-state index contributed by atoms with van der Waals surface area (Å²) in [5.41, 5.74) is 2.62. The number of aryl methyl sites for hydroxylation is 1. The van der Waals surface area contributed by atoms with Crippen LogP contribution < -0.4 is 10.9 Å². The van der Waals surface area contributed by atoms with E-state index in [2.05, 4.69) is 21.2 Å². The van der Waals surface area contributed by atoms with E-state index in [9.17, 15) is 9.59 Å². The van der Waals surface area contributed by atoms with Crippen molar-refractivity contribution >= 4 is 27.5 Å². The molecule has 1 amide bonds. The number of nitrogens with zero attached hydrogens (tertiary/aromatic N) is 1. The minimum atomic E-state index is -0.411. The van der Waals surface area contributed by atoms with Gasteiger partial charge in [0.1, 0.15) is 5.56 Å². The summed E-state index contributed by atoms with van der Waals surface area (Å²) in [6.45, 7) is 2.44. The first-order valence-corrected chi connectivity index (χ1v) is 8.65. The molecule has 1 N–H and O–H groups in total. The van der Waals surface area contributed by atoms with E-state index >= 15 is 0 Å². The van der Waals surface area contributed by atoms with Crippen molar-refractivity contribution in [2.75, 3.05) is 5.32 Å². The summed E-state index contributed by atoms with van der Waals surface area (Å²) in [6.07, 6.45) is 1.70. The Morgan fingerprint density at radius 3 is 2.48 bits per heavy atom. The van der Waals surface area contributed by atoms with Crippen LogP contribution in [0.2, 0.25) is 0 Å². The molecule has 1 heterocycles. The second-order valence-electron chi connectivity index (χ2n) is 5.74. The summed E-state index contributed by atoms with van der Waals surface area (Å²) in [5.74, 6) is -0.411. The molecule has 0 saturated heterocycles. The molecule has 0 aliphatic rings. The number of carbonyl (C=O) groups is 1. The standard InChI is InChI=1S/C20H17BrN2O2/c1-14-5-2-3-6-15(14)13-23-12-4-7-18(20(23)25)19(24)22-17-10-8-16(21)9-11-17/h2-12H,13H2,1H3,(H,22,24). The molecule has 1 aromatic heterocycles. The van der Waals surface area contributed by atoms with Gasteiger partial charge < -0.3 is 9.88 Å². The van der Waals surface area contributed by atoms with Gasteiger partial charge in [0.15, 0.2) is 0 Å². The first kappa shape index (κ1) is 17.2. The molecular weight excluding hydrogens is 380 g/mol. The lowest BCUT2D eigenvalue weighted by Gasteiger charge is -2.10. The van der Waals surface area contributed by atoms with Crippen LogP contribution in [0.25, 0.3) is 0 Å². The topological polar surface area (TPSA) is 51.1 Å². The van der Waals surface area contributed by atoms with Gasteiger partial charge in [-0.05, 0) is 54.4 Å². The lowest BCUT2D eigenvalue weighted by Crippen LogP contribution is -2.29. The number of halogens is 1. The Hall–Kier alpha value is -2.66. The fourth-order valence-corrected chi connectivity index (χ4v) is 2.80. The number of rotatable bonds is 4. The molecule has 5 heteroatoms. The molecule has 0 aliphatic carbocycles. The van der Waals surface area contributed by atoms with Crippen LogP contribution in [0.5, 0.6) is 0 Å². The summed E-state index contributed by atoms with van der Waals surface area (Å²) in [6, 6.07) is 18.4. The third kappa shape index (κ3) is 4.06. The van der Waals surface area contributed by atoms with Crippen molar-refractivity contribution in [3.8, 4) is 0 Å². The van der Waals surface area contributed by atoms with Crippen LogP contribution in [0.3, 0.4) is 0 Å². The fourth-order valence-electron chi connectivity index (χ4n) is 2.54. The molecule has 2 aromatic carbocycles. The van der Waals surface area contributed by atoms with Crippen molar-refractivity contribution in [1.29, 1.82) is 0 Å². The zero-order valence-electron chi connectivity index (χ0n) is 13.7. The highest BCUT2D eigenvalue weighted by atomic mass is 79.9. The van der Waals surface area contributed by atoms with Crippen molar-refractivity contribution in [2.24, 2.45) is 0 Å². The minimum Gasteiger partial charge on any atom is -0.322 e. The van der Waals surface area contributed by atoms with Gasteiger partial charge in [-0.15, -0.1) is 0 Å². The summed E-state index contributed by atoms with van der Waals surface area (Å²) in [5, 5.41) is 2.76. The predicted octanol–water partition coefficient (Wildman–Crippen LogP) is 4.22. The monoisotopic (exact) mass is 396 g/mol. The molecular formula is C20H17BrN2O2. The zero-order valence-corrected chi connectivity index (χ0v) is 15.3. The van der Waals surface area contributed by atoms with Gasteiger partial charge in [-0.1, -0.05) is 40.2 Å². The summed E-state index contributed by atoms with van der Waals surface area (Å²) in [7, 11) is 0. The van der Waals surface area contributed by atoms with Crippen LogP contribution in [-0.4, -0.2) is 10.5 Å². The number of aromatic nitrogens is 1. The molecule has 126 valence electrons. The van der Waals surface area contributed by atoms with Gasteiger partial charge in [-0.25, -0.2) is 0 Å². The van der Waals surface area contributed by atoms with Gasteiger partial charge in [-0.3, -0.25) is 9.59 Å². The van der Waals surface area contributed by atoms with Gasteiger partial charge >= 0.3 is 0 Å². The second kappa shape index (κ2) is 7.49. The van der Waals surface area contributed by atoms with Gasteiger partial charge in [0.05, 0.1) is 6.54 Å². The highest BCUT2D eigenvalue weighted by Crippen LogP contribution is 2.14. The average molecular weight is 397 g/mol. The third-order valence-electron chi connectivity index (χ3n) is 3.97. The quantitative estimate of drug-likeness (QED) is 0.717. The van der Waals surface area contributed by atoms with Crippen molar-refractivity contribution in [2.45, 2.75) is 13.5 Å². The largest absolute Gasteiger partial charge is 0.322 e. The van der Waals surface area contributed by atoms with E-state index in [1.807, 2.05) is 43.3 Å². The van der Waals surface area contributed by atoms with Crippen molar-refractivity contribution in [3.05, 3.63) is 98.4 Å². The van der Waals surface area contributed by atoms with Crippen LogP contribution in [0.4, 0.5) is 5.69 Å². The molecule has 4 nitrogen and oxygen atoms in total. The number of carbonyl (C=O) groups excluding carboxylic acids is 1. The van der Waals surface area contributed by atoms with Crippen LogP contribution in [0, 0.1) is 6.92 Å². The van der Waals surface area contributed by atoms with E-state index in [1.165, 1.54) is 0 Å². The normalized spacial score (nSPS) is 10.5. The van der Waals surface area contributed by atoms with E-state index in [0.29, 0.717) is 12.2 Å². The minimum absolute atomic E-state index is 0.124. The van der Waals surface area contributed by atoms with Crippen molar-refractivity contribution < 1.29 is 4.79 Å². The number of nitrogens with one attached hydrogen (secondary N) is 1. The van der Waals surface area contributed by atoms with E-state index in [-0.39, 0.29) is 11.1 Å². The number of benzene rings is 2. The molecule has 25 heavy (non-hydrogen) atoms. The van der Waals surface area contributed by atoms with E-state index in [4.69, 9.17) is 0 Å². The number of anilines is 1. The van der Waals surface area contributed by atoms with Crippen LogP contribution >= 0.6 is 15.9 Å². The first-order chi connectivity index (χ1) is 12.0. The molecule has 0 saturated carbocycles. The molecule has 0 radical (unpaired) electrons. The van der Waals surface area contributed by atoms with Crippen molar-refractivity contribution in [1.82, 2.24) is 4.57 Å². The van der Waals surface area contributed by atoms with Gasteiger partial charge in [0.25, 0.3) is 11.5 Å². The lowest BCUT2D eigenvalue weighted by atomic mass is 10.1. The third-order valence-corrected chi connectivity index (χ3v) is 4.50. The Morgan fingerprint density at radius 2 is 1.76 bits per heavy atom. The maximum atomic E-state index is 12.7. The molecule has 0 atom stereocenters. The Bertz CT molecular complexity index is 962. The highest BCUT2D eigenvalue weighted by molar-refractivity contribution is 9.10. The molecule has 0 aliphatic heterocycles. The number of pyridine rings is 1. The molecule has 0 fully saturated rings. The average Bonchev–Trinajstić information content (AvgIpc) is 2.60. The van der Waals surface area contributed by atoms with Crippen molar-refractivity contribution in [3.63, 3.8) is 0 Å². The zero-order chi connectivity index (χ0) is 17.8. The smallest absolute Gasteiger partial charge is 0.263 e. The molecule has 3 rings (SSSR count). The Kier molecular flexibility index (Phi) is 5.14. The Labute approximate surface area is 154 Å².